The highest BCUT2D eigenvalue weighted by Gasteiger charge is 2.28. The maximum Gasteiger partial charge on any atom is 0.00385 e. The summed E-state index contributed by atoms with van der Waals surface area (Å²) in [5.41, 5.74) is 0. The second-order valence-corrected chi connectivity index (χ2v) is 7.13. The summed E-state index contributed by atoms with van der Waals surface area (Å²) in [5.74, 6) is 2.80. The SMILES string of the molecule is CC(C)[C@@H]1CCN(CC2CCN(C(C)C)CC2)C1. The zero-order chi connectivity index (χ0) is 13.1. The Labute approximate surface area is 114 Å². The Morgan fingerprint density at radius 3 is 2.11 bits per heavy atom. The van der Waals surface area contributed by atoms with Crippen LogP contribution in [0.1, 0.15) is 47.0 Å². The van der Waals surface area contributed by atoms with E-state index in [1.54, 1.807) is 0 Å². The van der Waals surface area contributed by atoms with Gasteiger partial charge in [0.2, 0.25) is 0 Å². The van der Waals surface area contributed by atoms with E-state index in [-0.39, 0.29) is 0 Å². The van der Waals surface area contributed by atoms with Crippen LogP contribution < -0.4 is 0 Å². The lowest BCUT2D eigenvalue weighted by Crippen LogP contribution is -2.41. The molecule has 18 heavy (non-hydrogen) atoms. The van der Waals surface area contributed by atoms with E-state index >= 15 is 0 Å². The van der Waals surface area contributed by atoms with Crippen LogP contribution in [-0.4, -0.2) is 48.6 Å². The lowest BCUT2D eigenvalue weighted by Gasteiger charge is -2.36. The number of hydrogen-bond acceptors (Lipinski definition) is 2. The van der Waals surface area contributed by atoms with Gasteiger partial charge in [-0.3, -0.25) is 0 Å². The first-order valence-electron chi connectivity index (χ1n) is 8.02. The fourth-order valence-corrected chi connectivity index (χ4v) is 3.59. The van der Waals surface area contributed by atoms with Crippen molar-refractivity contribution in [2.24, 2.45) is 17.8 Å². The van der Waals surface area contributed by atoms with Gasteiger partial charge in [0.15, 0.2) is 0 Å². The minimum Gasteiger partial charge on any atom is -0.303 e. The molecule has 0 aromatic heterocycles. The highest BCUT2D eigenvalue weighted by Crippen LogP contribution is 2.26. The van der Waals surface area contributed by atoms with Crippen molar-refractivity contribution in [3.05, 3.63) is 0 Å². The normalized spacial score (nSPS) is 28.7. The molecule has 0 unspecified atom stereocenters. The smallest absolute Gasteiger partial charge is 0.00385 e. The monoisotopic (exact) mass is 252 g/mol. The van der Waals surface area contributed by atoms with E-state index in [0.29, 0.717) is 0 Å². The lowest BCUT2D eigenvalue weighted by molar-refractivity contribution is 0.127. The number of piperidine rings is 1. The fraction of sp³-hybridized carbons (Fsp3) is 1.00. The molecule has 0 aliphatic carbocycles. The summed E-state index contributed by atoms with van der Waals surface area (Å²) in [5, 5.41) is 0. The maximum absolute atomic E-state index is 2.74. The summed E-state index contributed by atoms with van der Waals surface area (Å²) in [4.78, 5) is 5.37. The molecule has 2 aliphatic heterocycles. The molecule has 0 saturated carbocycles. The van der Waals surface area contributed by atoms with Gasteiger partial charge in [0, 0.05) is 19.1 Å². The molecule has 0 radical (unpaired) electrons. The van der Waals surface area contributed by atoms with Crippen LogP contribution in [0.2, 0.25) is 0 Å². The van der Waals surface area contributed by atoms with Crippen LogP contribution in [0.3, 0.4) is 0 Å². The molecular formula is C16H32N2. The topological polar surface area (TPSA) is 6.48 Å². The van der Waals surface area contributed by atoms with Crippen LogP contribution in [0, 0.1) is 17.8 Å². The molecule has 2 rings (SSSR count). The highest BCUT2D eigenvalue weighted by atomic mass is 15.2. The van der Waals surface area contributed by atoms with Crippen LogP contribution in [0.15, 0.2) is 0 Å². The average Bonchev–Trinajstić information content (AvgIpc) is 2.78. The summed E-state index contributed by atoms with van der Waals surface area (Å²) < 4.78 is 0. The maximum atomic E-state index is 2.74. The predicted octanol–water partition coefficient (Wildman–Crippen LogP) is 3.08. The number of hydrogen-bond donors (Lipinski definition) is 0. The van der Waals surface area contributed by atoms with Crippen molar-refractivity contribution in [1.82, 2.24) is 9.80 Å². The molecule has 2 aliphatic rings. The first-order chi connectivity index (χ1) is 8.56. The van der Waals surface area contributed by atoms with E-state index in [2.05, 4.69) is 37.5 Å². The molecule has 2 fully saturated rings. The van der Waals surface area contributed by atoms with Crippen molar-refractivity contribution < 1.29 is 0 Å². The van der Waals surface area contributed by atoms with Crippen LogP contribution in [0.4, 0.5) is 0 Å². The van der Waals surface area contributed by atoms with E-state index in [1.165, 1.54) is 52.0 Å². The van der Waals surface area contributed by atoms with E-state index in [0.717, 1.165) is 23.8 Å². The first-order valence-corrected chi connectivity index (χ1v) is 8.02. The van der Waals surface area contributed by atoms with Crippen LogP contribution >= 0.6 is 0 Å². The predicted molar refractivity (Wildman–Crippen MR) is 78.8 cm³/mol. The molecule has 0 N–H and O–H groups in total. The van der Waals surface area contributed by atoms with E-state index in [4.69, 9.17) is 0 Å². The van der Waals surface area contributed by atoms with Crippen molar-refractivity contribution in [3.8, 4) is 0 Å². The van der Waals surface area contributed by atoms with Crippen LogP contribution in [-0.2, 0) is 0 Å². The number of nitrogens with zero attached hydrogens (tertiary/aromatic N) is 2. The number of likely N-dealkylation sites (tertiary alicyclic amines) is 2. The highest BCUT2D eigenvalue weighted by molar-refractivity contribution is 4.82. The molecule has 0 aromatic carbocycles. The summed E-state index contributed by atoms with van der Waals surface area (Å²) in [6.45, 7) is 16.2. The van der Waals surface area contributed by atoms with E-state index in [1.807, 2.05) is 0 Å². The molecule has 1 atom stereocenters. The van der Waals surface area contributed by atoms with Crippen LogP contribution in [0.25, 0.3) is 0 Å². The second-order valence-electron chi connectivity index (χ2n) is 7.13. The zero-order valence-electron chi connectivity index (χ0n) is 12.9. The van der Waals surface area contributed by atoms with Gasteiger partial charge in [-0.25, -0.2) is 0 Å². The van der Waals surface area contributed by atoms with Gasteiger partial charge in [-0.05, 0) is 70.5 Å². The van der Waals surface area contributed by atoms with Gasteiger partial charge in [0.25, 0.3) is 0 Å². The van der Waals surface area contributed by atoms with Gasteiger partial charge in [-0.15, -0.1) is 0 Å². The molecule has 2 heteroatoms. The summed E-state index contributed by atoms with van der Waals surface area (Å²) in [6, 6.07) is 0.739. The van der Waals surface area contributed by atoms with Crippen molar-refractivity contribution >= 4 is 0 Å². The first kappa shape index (κ1) is 14.3. The lowest BCUT2D eigenvalue weighted by atomic mass is 9.94. The average molecular weight is 252 g/mol. The summed E-state index contributed by atoms with van der Waals surface area (Å²) >= 11 is 0. The zero-order valence-corrected chi connectivity index (χ0v) is 12.9. The Morgan fingerprint density at radius 1 is 0.944 bits per heavy atom. The van der Waals surface area contributed by atoms with E-state index < -0.39 is 0 Å². The molecule has 2 heterocycles. The molecule has 0 amide bonds. The molecule has 2 saturated heterocycles. The Hall–Kier alpha value is -0.0800. The third-order valence-corrected chi connectivity index (χ3v) is 5.15. The molecule has 0 spiro atoms. The van der Waals surface area contributed by atoms with Gasteiger partial charge < -0.3 is 9.80 Å². The largest absolute Gasteiger partial charge is 0.303 e. The Kier molecular flexibility index (Phi) is 5.08. The molecule has 2 nitrogen and oxygen atoms in total. The Morgan fingerprint density at radius 2 is 1.61 bits per heavy atom. The molecule has 0 bridgehead atoms. The Bertz CT molecular complexity index is 241. The van der Waals surface area contributed by atoms with Gasteiger partial charge in [0.05, 0.1) is 0 Å². The summed E-state index contributed by atoms with van der Waals surface area (Å²) in [7, 11) is 0. The van der Waals surface area contributed by atoms with Crippen LogP contribution in [0.5, 0.6) is 0 Å². The van der Waals surface area contributed by atoms with Gasteiger partial charge in [-0.2, -0.15) is 0 Å². The second kappa shape index (κ2) is 6.38. The third-order valence-electron chi connectivity index (χ3n) is 5.15. The van der Waals surface area contributed by atoms with Gasteiger partial charge in [0.1, 0.15) is 0 Å². The van der Waals surface area contributed by atoms with Gasteiger partial charge >= 0.3 is 0 Å². The summed E-state index contributed by atoms with van der Waals surface area (Å²) in [6.07, 6.45) is 4.27. The molecule has 106 valence electrons. The molecular weight excluding hydrogens is 220 g/mol. The van der Waals surface area contributed by atoms with Crippen molar-refractivity contribution in [2.75, 3.05) is 32.7 Å². The minimum atomic E-state index is 0.739. The van der Waals surface area contributed by atoms with Gasteiger partial charge in [-0.1, -0.05) is 13.8 Å². The fourth-order valence-electron chi connectivity index (χ4n) is 3.59. The van der Waals surface area contributed by atoms with Crippen molar-refractivity contribution in [1.29, 1.82) is 0 Å². The van der Waals surface area contributed by atoms with E-state index in [9.17, 15) is 0 Å². The molecule has 0 aromatic rings. The van der Waals surface area contributed by atoms with Crippen molar-refractivity contribution in [2.45, 2.75) is 53.0 Å². The minimum absolute atomic E-state index is 0.739. The van der Waals surface area contributed by atoms with Crippen molar-refractivity contribution in [3.63, 3.8) is 0 Å². The Balaban J connectivity index is 1.69. The quantitative estimate of drug-likeness (QED) is 0.758. The standard InChI is InChI=1S/C16H32N2/c1-13(2)16-7-8-17(12-16)11-15-5-9-18(10-6-15)14(3)4/h13-16H,5-12H2,1-4H3/t16-/m1/s1. The number of rotatable bonds is 4. The third kappa shape index (κ3) is 3.71.